The molecule has 1 aliphatic carbocycles. The largest absolute Gasteiger partial charge is 0.358 e. The molecule has 0 amide bonds. The zero-order valence-electron chi connectivity index (χ0n) is 10.2. The lowest BCUT2D eigenvalue weighted by molar-refractivity contribution is 0.680. The van der Waals surface area contributed by atoms with Gasteiger partial charge in [0.05, 0.1) is 12.5 Å². The molecule has 1 aromatic carbocycles. The number of hydrogen-bond acceptors (Lipinski definition) is 1. The zero-order valence-corrected chi connectivity index (χ0v) is 10.2. The van der Waals surface area contributed by atoms with E-state index in [4.69, 9.17) is 5.26 Å². The maximum Gasteiger partial charge on any atom is 0.0966 e. The van der Waals surface area contributed by atoms with Crippen LogP contribution in [0.4, 0.5) is 0 Å². The van der Waals surface area contributed by atoms with Gasteiger partial charge in [0, 0.05) is 22.2 Å². The summed E-state index contributed by atoms with van der Waals surface area (Å²) >= 11 is 0. The Morgan fingerprint density at radius 1 is 1.22 bits per heavy atom. The Morgan fingerprint density at radius 3 is 3.00 bits per heavy atom. The van der Waals surface area contributed by atoms with Gasteiger partial charge < -0.3 is 4.98 Å². The summed E-state index contributed by atoms with van der Waals surface area (Å²) < 4.78 is 0. The molecule has 2 aromatic rings. The quantitative estimate of drug-likeness (QED) is 0.698. The van der Waals surface area contributed by atoms with Crippen LogP contribution < -0.4 is 0 Å². The molecule has 0 bridgehead atoms. The van der Waals surface area contributed by atoms with Gasteiger partial charge in [-0.1, -0.05) is 11.8 Å². The summed E-state index contributed by atoms with van der Waals surface area (Å²) in [6.45, 7) is 0. The number of hydrogen-bond donors (Lipinski definition) is 1. The second-order valence-electron chi connectivity index (χ2n) is 4.69. The van der Waals surface area contributed by atoms with Crippen LogP contribution in [0.3, 0.4) is 0 Å². The van der Waals surface area contributed by atoms with E-state index in [9.17, 15) is 0 Å². The van der Waals surface area contributed by atoms with Gasteiger partial charge in [0.25, 0.3) is 0 Å². The van der Waals surface area contributed by atoms with Crippen molar-refractivity contribution in [3.8, 4) is 17.9 Å². The lowest BCUT2D eigenvalue weighted by atomic mass is 9.95. The molecule has 0 saturated heterocycles. The maximum absolute atomic E-state index is 8.48. The van der Waals surface area contributed by atoms with Gasteiger partial charge in [0.15, 0.2) is 0 Å². The molecule has 18 heavy (non-hydrogen) atoms. The van der Waals surface area contributed by atoms with Crippen LogP contribution in [-0.2, 0) is 12.8 Å². The number of H-pyrrole nitrogens is 1. The van der Waals surface area contributed by atoms with Gasteiger partial charge in [0.2, 0.25) is 0 Å². The molecule has 1 aliphatic rings. The van der Waals surface area contributed by atoms with Crippen LogP contribution in [0.15, 0.2) is 18.2 Å². The van der Waals surface area contributed by atoms with E-state index in [0.29, 0.717) is 6.42 Å². The Morgan fingerprint density at radius 2 is 2.11 bits per heavy atom. The molecule has 3 rings (SSSR count). The van der Waals surface area contributed by atoms with Crippen molar-refractivity contribution in [2.24, 2.45) is 0 Å². The number of benzene rings is 1. The average molecular weight is 234 g/mol. The van der Waals surface area contributed by atoms with Gasteiger partial charge in [-0.05, 0) is 49.4 Å². The monoisotopic (exact) mass is 234 g/mol. The fourth-order valence-corrected chi connectivity index (χ4v) is 2.67. The molecule has 0 unspecified atom stereocenters. The molecule has 0 spiro atoms. The summed E-state index contributed by atoms with van der Waals surface area (Å²) in [4.78, 5) is 3.51. The lowest BCUT2D eigenvalue weighted by Crippen LogP contribution is -1.99. The first kappa shape index (κ1) is 10.9. The van der Waals surface area contributed by atoms with Crippen molar-refractivity contribution < 1.29 is 0 Å². The minimum atomic E-state index is 0.295. The van der Waals surface area contributed by atoms with Crippen LogP contribution in [0.25, 0.3) is 10.9 Å². The van der Waals surface area contributed by atoms with Crippen LogP contribution in [-0.4, -0.2) is 4.98 Å². The van der Waals surface area contributed by atoms with Crippen molar-refractivity contribution in [1.82, 2.24) is 4.98 Å². The fraction of sp³-hybridized carbons (Fsp3) is 0.312. The Bertz CT molecular complexity index is 689. The SMILES string of the molecule is N#CCC#Cc1ccc2[nH]c3c(c2c1)CCCC3. The fourth-order valence-electron chi connectivity index (χ4n) is 2.67. The second kappa shape index (κ2) is 4.59. The first-order valence-electron chi connectivity index (χ1n) is 6.38. The number of nitriles is 1. The van der Waals surface area contributed by atoms with Gasteiger partial charge in [-0.25, -0.2) is 0 Å². The van der Waals surface area contributed by atoms with E-state index in [1.807, 2.05) is 12.1 Å². The minimum Gasteiger partial charge on any atom is -0.358 e. The van der Waals surface area contributed by atoms with Crippen molar-refractivity contribution in [3.63, 3.8) is 0 Å². The van der Waals surface area contributed by atoms with Crippen LogP contribution in [0, 0.1) is 23.2 Å². The Kier molecular flexibility index (Phi) is 2.79. The molecule has 0 radical (unpaired) electrons. The van der Waals surface area contributed by atoms with Crippen molar-refractivity contribution in [2.75, 3.05) is 0 Å². The highest BCUT2D eigenvalue weighted by atomic mass is 14.7. The third-order valence-corrected chi connectivity index (χ3v) is 3.50. The highest BCUT2D eigenvalue weighted by Crippen LogP contribution is 2.29. The molecule has 88 valence electrons. The standard InChI is InChI=1S/C16H14N2/c17-10-4-3-5-12-8-9-16-14(11-12)13-6-1-2-7-15(13)18-16/h8-9,11,18H,1-2,4,6-7H2. The summed E-state index contributed by atoms with van der Waals surface area (Å²) in [6, 6.07) is 8.32. The smallest absolute Gasteiger partial charge is 0.0966 e. The van der Waals surface area contributed by atoms with Crippen LogP contribution >= 0.6 is 0 Å². The third-order valence-electron chi connectivity index (χ3n) is 3.50. The number of rotatable bonds is 0. The topological polar surface area (TPSA) is 39.6 Å². The zero-order chi connectivity index (χ0) is 12.4. The van der Waals surface area contributed by atoms with Crippen LogP contribution in [0.5, 0.6) is 0 Å². The van der Waals surface area contributed by atoms with E-state index in [0.717, 1.165) is 5.56 Å². The van der Waals surface area contributed by atoms with E-state index in [1.165, 1.54) is 47.8 Å². The third kappa shape index (κ3) is 1.87. The molecule has 1 heterocycles. The van der Waals surface area contributed by atoms with Crippen molar-refractivity contribution in [3.05, 3.63) is 35.0 Å². The van der Waals surface area contributed by atoms with Gasteiger partial charge in [0.1, 0.15) is 0 Å². The van der Waals surface area contributed by atoms with Gasteiger partial charge in [-0.3, -0.25) is 0 Å². The number of nitrogens with zero attached hydrogens (tertiary/aromatic N) is 1. The highest BCUT2D eigenvalue weighted by Gasteiger charge is 2.14. The average Bonchev–Trinajstić information content (AvgIpc) is 2.77. The molecule has 1 N–H and O–H groups in total. The predicted molar refractivity (Wildman–Crippen MR) is 72.0 cm³/mol. The maximum atomic E-state index is 8.48. The van der Waals surface area contributed by atoms with E-state index in [1.54, 1.807) is 0 Å². The molecular weight excluding hydrogens is 220 g/mol. The van der Waals surface area contributed by atoms with E-state index in [2.05, 4.69) is 29.0 Å². The summed E-state index contributed by atoms with van der Waals surface area (Å²) in [5.74, 6) is 5.91. The summed E-state index contributed by atoms with van der Waals surface area (Å²) in [7, 11) is 0. The summed E-state index contributed by atoms with van der Waals surface area (Å²) in [6.07, 6.45) is 5.20. The number of nitrogens with one attached hydrogen (secondary N) is 1. The predicted octanol–water partition coefficient (Wildman–Crippen LogP) is 3.31. The number of aryl methyl sites for hydroxylation is 2. The molecule has 0 atom stereocenters. The number of aromatic amines is 1. The lowest BCUT2D eigenvalue weighted by Gasteiger charge is -2.10. The molecule has 2 nitrogen and oxygen atoms in total. The van der Waals surface area contributed by atoms with Gasteiger partial charge in [-0.2, -0.15) is 5.26 Å². The van der Waals surface area contributed by atoms with Crippen LogP contribution in [0.2, 0.25) is 0 Å². The van der Waals surface area contributed by atoms with E-state index < -0.39 is 0 Å². The second-order valence-corrected chi connectivity index (χ2v) is 4.69. The molecule has 2 heteroatoms. The highest BCUT2D eigenvalue weighted by molar-refractivity contribution is 5.86. The van der Waals surface area contributed by atoms with Gasteiger partial charge in [-0.15, -0.1) is 0 Å². The van der Waals surface area contributed by atoms with Gasteiger partial charge >= 0.3 is 0 Å². The van der Waals surface area contributed by atoms with Crippen LogP contribution in [0.1, 0.15) is 36.1 Å². The first-order chi connectivity index (χ1) is 8.88. The van der Waals surface area contributed by atoms with E-state index >= 15 is 0 Å². The molecule has 0 saturated carbocycles. The Hall–Kier alpha value is -2.19. The number of fused-ring (bicyclic) bond motifs is 3. The van der Waals surface area contributed by atoms with Crippen molar-refractivity contribution in [1.29, 1.82) is 5.26 Å². The Labute approximate surface area is 107 Å². The molecule has 0 aliphatic heterocycles. The first-order valence-corrected chi connectivity index (χ1v) is 6.38. The van der Waals surface area contributed by atoms with Crippen molar-refractivity contribution >= 4 is 10.9 Å². The molecular formula is C16H14N2. The summed E-state index contributed by atoms with van der Waals surface area (Å²) in [5, 5.41) is 9.80. The summed E-state index contributed by atoms with van der Waals surface area (Å²) in [5.41, 5.74) is 5.09. The number of aromatic nitrogens is 1. The minimum absolute atomic E-state index is 0.295. The molecule has 1 aromatic heterocycles. The normalized spacial score (nSPS) is 13.5. The molecule has 0 fully saturated rings. The van der Waals surface area contributed by atoms with Crippen molar-refractivity contribution in [2.45, 2.75) is 32.1 Å². The Balaban J connectivity index is 2.07. The van der Waals surface area contributed by atoms with E-state index in [-0.39, 0.29) is 0 Å².